The number of aryl methyl sites for hydroxylation is 2. The van der Waals surface area contributed by atoms with Gasteiger partial charge in [0.05, 0.1) is 6.26 Å². The van der Waals surface area contributed by atoms with E-state index in [4.69, 9.17) is 4.55 Å². The van der Waals surface area contributed by atoms with E-state index in [0.29, 0.717) is 6.26 Å². The first-order valence-corrected chi connectivity index (χ1v) is 10.2. The minimum atomic E-state index is -3.67. The van der Waals surface area contributed by atoms with Crippen LogP contribution in [0.2, 0.25) is 0 Å². The number of hydrogen-bond donors (Lipinski definition) is 1. The zero-order valence-corrected chi connectivity index (χ0v) is 16.4. The zero-order chi connectivity index (χ0) is 17.5. The Balaban J connectivity index is -0.000000304. The van der Waals surface area contributed by atoms with Gasteiger partial charge in [-0.05, 0) is 49.3 Å². The minimum Gasteiger partial charge on any atom is -0.286 e. The van der Waals surface area contributed by atoms with E-state index in [-0.39, 0.29) is 0 Å². The molecule has 0 aliphatic heterocycles. The summed E-state index contributed by atoms with van der Waals surface area (Å²) < 4.78 is 25.9. The van der Waals surface area contributed by atoms with Crippen LogP contribution in [0.1, 0.15) is 52.2 Å². The summed E-state index contributed by atoms with van der Waals surface area (Å²) in [7, 11) is -3.67. The Morgan fingerprint density at radius 2 is 1.48 bits per heavy atom. The Hall–Kier alpha value is -0.520. The van der Waals surface area contributed by atoms with E-state index in [0.717, 1.165) is 0 Å². The van der Waals surface area contributed by atoms with Gasteiger partial charge in [-0.1, -0.05) is 40.7 Å². The number of rotatable bonds is 3. The minimum absolute atomic E-state index is 0.715. The highest BCUT2D eigenvalue weighted by atomic mass is 32.2. The Morgan fingerprint density at radius 1 is 1.05 bits per heavy atom. The zero-order valence-electron chi connectivity index (χ0n) is 14.7. The molecule has 3 nitrogen and oxygen atoms in total. The van der Waals surface area contributed by atoms with Crippen molar-refractivity contribution in [2.24, 2.45) is 0 Å². The Bertz CT molecular complexity index is 433. The van der Waals surface area contributed by atoms with E-state index in [2.05, 4.69) is 39.0 Å². The van der Waals surface area contributed by atoms with Gasteiger partial charge >= 0.3 is 0 Å². The van der Waals surface area contributed by atoms with Crippen LogP contribution in [0.5, 0.6) is 0 Å². The van der Waals surface area contributed by atoms with Crippen molar-refractivity contribution in [3.05, 3.63) is 29.3 Å². The Kier molecular flexibility index (Phi) is 19.2. The molecular formula is C16H32O3S2. The molecule has 0 fully saturated rings. The summed E-state index contributed by atoms with van der Waals surface area (Å²) in [5.41, 5.74) is 2.78. The SMILES string of the molecule is CC.CC.CCCSc1ccc(C)c(C)c1.CS(=O)(=O)O. The van der Waals surface area contributed by atoms with E-state index in [9.17, 15) is 8.42 Å². The van der Waals surface area contributed by atoms with Crippen molar-refractivity contribution in [1.29, 1.82) is 0 Å². The first-order chi connectivity index (χ1) is 9.74. The first-order valence-electron chi connectivity index (χ1n) is 7.36. The molecule has 0 radical (unpaired) electrons. The van der Waals surface area contributed by atoms with Crippen molar-refractivity contribution < 1.29 is 13.0 Å². The van der Waals surface area contributed by atoms with Gasteiger partial charge in [-0.2, -0.15) is 8.42 Å². The van der Waals surface area contributed by atoms with Gasteiger partial charge in [-0.25, -0.2) is 0 Å². The summed E-state index contributed by atoms with van der Waals surface area (Å²) in [6.07, 6.45) is 1.96. The number of hydrogen-bond acceptors (Lipinski definition) is 3. The Morgan fingerprint density at radius 3 is 1.81 bits per heavy atom. The lowest BCUT2D eigenvalue weighted by Gasteiger charge is -2.03. The normalized spacial score (nSPS) is 9.19. The van der Waals surface area contributed by atoms with Crippen molar-refractivity contribution in [2.45, 2.75) is 59.8 Å². The van der Waals surface area contributed by atoms with Crippen LogP contribution in [-0.2, 0) is 10.1 Å². The standard InChI is InChI=1S/C11H16S.2C2H6.CH4O3S/c1-4-7-12-11-6-5-9(2)10(3)8-11;2*1-2;1-5(2,3)4/h5-6,8H,4,7H2,1-3H3;2*1-2H3;1H3,(H,2,3,4). The van der Waals surface area contributed by atoms with Gasteiger partial charge in [0, 0.05) is 4.90 Å². The quantitative estimate of drug-likeness (QED) is 0.596. The van der Waals surface area contributed by atoms with E-state index in [1.54, 1.807) is 0 Å². The van der Waals surface area contributed by atoms with E-state index >= 15 is 0 Å². The van der Waals surface area contributed by atoms with Gasteiger partial charge in [-0.15, -0.1) is 11.8 Å². The monoisotopic (exact) mass is 336 g/mol. The van der Waals surface area contributed by atoms with Crippen molar-refractivity contribution in [3.63, 3.8) is 0 Å². The second-order valence-electron chi connectivity index (χ2n) is 3.83. The molecule has 5 heteroatoms. The largest absolute Gasteiger partial charge is 0.286 e. The molecule has 1 aromatic carbocycles. The van der Waals surface area contributed by atoms with Crippen LogP contribution in [0, 0.1) is 13.8 Å². The summed E-state index contributed by atoms with van der Waals surface area (Å²) >= 11 is 1.94. The van der Waals surface area contributed by atoms with Crippen LogP contribution >= 0.6 is 11.8 Å². The average molecular weight is 337 g/mol. The molecule has 0 unspecified atom stereocenters. The molecule has 0 heterocycles. The molecular weight excluding hydrogens is 304 g/mol. The predicted octanol–water partition coefficient (Wildman–Crippen LogP) is 5.36. The smallest absolute Gasteiger partial charge is 0.261 e. The third-order valence-electron chi connectivity index (χ3n) is 1.95. The topological polar surface area (TPSA) is 54.4 Å². The van der Waals surface area contributed by atoms with Crippen LogP contribution in [0.4, 0.5) is 0 Å². The molecule has 0 atom stereocenters. The lowest BCUT2D eigenvalue weighted by atomic mass is 10.1. The summed E-state index contributed by atoms with van der Waals surface area (Å²) in [5.74, 6) is 1.22. The number of thioether (sulfide) groups is 1. The van der Waals surface area contributed by atoms with Crippen LogP contribution in [-0.4, -0.2) is 25.0 Å². The fourth-order valence-electron chi connectivity index (χ4n) is 1.02. The maximum absolute atomic E-state index is 9.19. The van der Waals surface area contributed by atoms with Gasteiger partial charge in [-0.3, -0.25) is 4.55 Å². The highest BCUT2D eigenvalue weighted by Crippen LogP contribution is 2.21. The maximum Gasteiger partial charge on any atom is 0.261 e. The summed E-state index contributed by atoms with van der Waals surface area (Å²) in [4.78, 5) is 1.40. The lowest BCUT2D eigenvalue weighted by molar-refractivity contribution is 0.490. The molecule has 1 N–H and O–H groups in total. The third-order valence-corrected chi connectivity index (χ3v) is 3.15. The van der Waals surface area contributed by atoms with Crippen LogP contribution in [0.25, 0.3) is 0 Å². The summed E-state index contributed by atoms with van der Waals surface area (Å²) in [5, 5.41) is 0. The fraction of sp³-hybridized carbons (Fsp3) is 0.625. The predicted molar refractivity (Wildman–Crippen MR) is 97.1 cm³/mol. The van der Waals surface area contributed by atoms with Crippen molar-refractivity contribution in [1.82, 2.24) is 0 Å². The Labute approximate surface area is 136 Å². The molecule has 0 bridgehead atoms. The summed E-state index contributed by atoms with van der Waals surface area (Å²) in [6, 6.07) is 6.69. The maximum atomic E-state index is 9.19. The highest BCUT2D eigenvalue weighted by Gasteiger charge is 1.95. The molecule has 0 amide bonds. The molecule has 0 aliphatic carbocycles. The van der Waals surface area contributed by atoms with Crippen molar-refractivity contribution in [2.75, 3.05) is 12.0 Å². The molecule has 0 spiro atoms. The average Bonchev–Trinajstić information content (AvgIpc) is 2.43. The van der Waals surface area contributed by atoms with E-state index < -0.39 is 10.1 Å². The molecule has 1 aromatic rings. The number of benzene rings is 1. The third kappa shape index (κ3) is 21.9. The fourth-order valence-corrected chi connectivity index (χ4v) is 1.89. The molecule has 0 aromatic heterocycles. The molecule has 0 saturated carbocycles. The second kappa shape index (κ2) is 15.9. The van der Waals surface area contributed by atoms with Gasteiger partial charge in [0.15, 0.2) is 0 Å². The van der Waals surface area contributed by atoms with Crippen LogP contribution < -0.4 is 0 Å². The van der Waals surface area contributed by atoms with Crippen LogP contribution in [0.15, 0.2) is 23.1 Å². The van der Waals surface area contributed by atoms with E-state index in [1.165, 1.54) is 28.2 Å². The summed E-state index contributed by atoms with van der Waals surface area (Å²) in [6.45, 7) is 14.5. The molecule has 21 heavy (non-hydrogen) atoms. The molecule has 126 valence electrons. The van der Waals surface area contributed by atoms with Crippen molar-refractivity contribution >= 4 is 21.9 Å². The van der Waals surface area contributed by atoms with Gasteiger partial charge in [0.1, 0.15) is 0 Å². The molecule has 0 aliphatic rings. The van der Waals surface area contributed by atoms with Crippen molar-refractivity contribution in [3.8, 4) is 0 Å². The van der Waals surface area contributed by atoms with E-state index in [1.807, 2.05) is 39.5 Å². The van der Waals surface area contributed by atoms with Gasteiger partial charge in [0.2, 0.25) is 0 Å². The second-order valence-corrected chi connectivity index (χ2v) is 6.46. The van der Waals surface area contributed by atoms with Gasteiger partial charge < -0.3 is 0 Å². The molecule has 1 rings (SSSR count). The molecule has 0 saturated heterocycles. The first kappa shape index (κ1) is 25.4. The van der Waals surface area contributed by atoms with Crippen LogP contribution in [0.3, 0.4) is 0 Å². The van der Waals surface area contributed by atoms with Gasteiger partial charge in [0.25, 0.3) is 10.1 Å². The lowest BCUT2D eigenvalue weighted by Crippen LogP contribution is -1.88. The highest BCUT2D eigenvalue weighted by molar-refractivity contribution is 7.99.